The molecule has 6 rings (SSSR count). The summed E-state index contributed by atoms with van der Waals surface area (Å²) in [6.07, 6.45) is -6.86. The van der Waals surface area contributed by atoms with Crippen molar-refractivity contribution in [1.82, 2.24) is 34.1 Å². The first-order valence-corrected chi connectivity index (χ1v) is 14.4. The van der Waals surface area contributed by atoms with Crippen LogP contribution in [-0.4, -0.2) is 109 Å². The van der Waals surface area contributed by atoms with Gasteiger partial charge in [-0.25, -0.2) is 14.5 Å². The van der Waals surface area contributed by atoms with E-state index in [1.54, 1.807) is 12.1 Å². The number of nitrogens with two attached hydrogens (primary N) is 2. The van der Waals surface area contributed by atoms with Crippen LogP contribution in [-0.2, 0) is 18.6 Å². The van der Waals surface area contributed by atoms with Crippen LogP contribution in [0.4, 0.5) is 11.8 Å². The van der Waals surface area contributed by atoms with Crippen molar-refractivity contribution in [2.45, 2.75) is 54.9 Å². The van der Waals surface area contributed by atoms with E-state index in [-0.39, 0.29) is 29.4 Å². The molecule has 10 N–H and O–H groups in total. The zero-order valence-corrected chi connectivity index (χ0v) is 22.5. The van der Waals surface area contributed by atoms with Crippen LogP contribution in [0.1, 0.15) is 24.4 Å². The second-order valence-electron chi connectivity index (χ2n) is 9.97. The van der Waals surface area contributed by atoms with Crippen molar-refractivity contribution in [1.29, 1.82) is 0 Å². The molecule has 0 aliphatic carbocycles. The third-order valence-corrected chi connectivity index (χ3v) is 9.33. The molecule has 6 heterocycles. The SMILES string of the molecule is Nc1nc2c(ncn2[C@@H]2O[C@H](CO)[C@@H](O)[C@H]2P(=O)(O)OCC[C@H]2O[C@@H](c3ccc4c(N)ncnn34)[C@H](O)[C@@H]2O)c(=O)[nH]1. The predicted molar refractivity (Wildman–Crippen MR) is 141 cm³/mol. The number of nitrogen functional groups attached to an aromatic ring is 2. The average molecular weight is 609 g/mol. The maximum atomic E-state index is 13.5. The number of aromatic amines is 1. The van der Waals surface area contributed by atoms with Gasteiger partial charge in [0.05, 0.1) is 31.3 Å². The second kappa shape index (κ2) is 10.6. The molecule has 0 aromatic carbocycles. The van der Waals surface area contributed by atoms with Crippen LogP contribution in [0.25, 0.3) is 16.7 Å². The first-order chi connectivity index (χ1) is 20.0. The third kappa shape index (κ3) is 4.64. The lowest BCUT2D eigenvalue weighted by atomic mass is 10.0. The quantitative estimate of drug-likeness (QED) is 0.0950. The summed E-state index contributed by atoms with van der Waals surface area (Å²) in [6.45, 7) is -1.13. The van der Waals surface area contributed by atoms with E-state index in [4.69, 9.17) is 25.5 Å². The Kier molecular flexibility index (Phi) is 7.24. The lowest BCUT2D eigenvalue weighted by Crippen LogP contribution is -2.34. The van der Waals surface area contributed by atoms with Crippen LogP contribution in [0, 0.1) is 0 Å². The fourth-order valence-electron chi connectivity index (χ4n) is 5.40. The molecule has 2 fully saturated rings. The van der Waals surface area contributed by atoms with Crippen LogP contribution in [0.3, 0.4) is 0 Å². The Hall–Kier alpha value is -3.52. The number of hydrogen-bond acceptors (Lipinski definition) is 15. The molecule has 20 heteroatoms. The molecule has 4 aromatic rings. The minimum atomic E-state index is -4.75. The van der Waals surface area contributed by atoms with Crippen molar-refractivity contribution in [2.24, 2.45) is 0 Å². The molecule has 2 aliphatic rings. The van der Waals surface area contributed by atoms with Crippen LogP contribution >= 0.6 is 7.60 Å². The van der Waals surface area contributed by atoms with E-state index in [0.717, 1.165) is 10.9 Å². The average Bonchev–Trinajstić information content (AvgIpc) is 3.70. The number of anilines is 2. The van der Waals surface area contributed by atoms with Crippen molar-refractivity contribution in [2.75, 3.05) is 24.7 Å². The van der Waals surface area contributed by atoms with E-state index in [1.807, 2.05) is 0 Å². The molecular weight excluding hydrogens is 581 g/mol. The number of aliphatic hydroxyl groups is 4. The molecule has 2 saturated heterocycles. The standard InChI is InChI=1S/C22H28N9O10P/c23-18-9-2-1-8(31(9)27-6-25-18)16-15(35)13(33)10(40-16)3-4-39-42(37,38)17-14(34)11(5-32)41-21(17)30-7-26-12-19(30)28-22(24)29-20(12)36/h1-2,6-7,10-11,13-17,21,32-35H,3-5H2,(H,37,38)(H2,23,25,27)(H3,24,28,29,36)/t10-,11-,13-,14-,15-,16+,17-,21-/m1/s1. The topological polar surface area (TPSA) is 292 Å². The van der Waals surface area contributed by atoms with Crippen LogP contribution in [0.15, 0.2) is 29.6 Å². The summed E-state index contributed by atoms with van der Waals surface area (Å²) in [6, 6.07) is 3.26. The van der Waals surface area contributed by atoms with E-state index in [0.29, 0.717) is 11.2 Å². The van der Waals surface area contributed by atoms with E-state index in [9.17, 15) is 34.7 Å². The maximum absolute atomic E-state index is 13.5. The number of nitrogens with zero attached hydrogens (tertiary/aromatic N) is 6. The first kappa shape index (κ1) is 28.6. The van der Waals surface area contributed by atoms with Crippen molar-refractivity contribution in [3.63, 3.8) is 0 Å². The summed E-state index contributed by atoms with van der Waals surface area (Å²) < 4.78 is 33.0. The number of fused-ring (bicyclic) bond motifs is 2. The van der Waals surface area contributed by atoms with Crippen molar-refractivity contribution in [3.8, 4) is 0 Å². The van der Waals surface area contributed by atoms with E-state index >= 15 is 0 Å². The highest BCUT2D eigenvalue weighted by Crippen LogP contribution is 2.57. The summed E-state index contributed by atoms with van der Waals surface area (Å²) in [5.74, 6) is -0.0337. The summed E-state index contributed by atoms with van der Waals surface area (Å²) >= 11 is 0. The van der Waals surface area contributed by atoms with Gasteiger partial charge in [0.1, 0.15) is 48.0 Å². The number of nitrogens with one attached hydrogen (secondary N) is 1. The molecule has 0 bridgehead atoms. The van der Waals surface area contributed by atoms with Gasteiger partial charge in [0, 0.05) is 6.42 Å². The number of H-pyrrole nitrogens is 1. The molecule has 2 aliphatic heterocycles. The van der Waals surface area contributed by atoms with E-state index in [2.05, 4.69) is 25.0 Å². The molecule has 0 saturated carbocycles. The number of aliphatic hydroxyl groups excluding tert-OH is 4. The molecule has 226 valence electrons. The molecule has 4 aromatic heterocycles. The van der Waals surface area contributed by atoms with Gasteiger partial charge in [-0.3, -0.25) is 18.9 Å². The van der Waals surface area contributed by atoms with Gasteiger partial charge in [-0.15, -0.1) is 0 Å². The van der Waals surface area contributed by atoms with Gasteiger partial charge in [0.2, 0.25) is 5.95 Å². The van der Waals surface area contributed by atoms with Gasteiger partial charge in [-0.05, 0) is 12.1 Å². The lowest BCUT2D eigenvalue weighted by Gasteiger charge is -2.26. The minimum absolute atomic E-state index is 0.0792. The number of aromatic nitrogens is 7. The molecule has 19 nitrogen and oxygen atoms in total. The number of ether oxygens (including phenoxy) is 2. The highest BCUT2D eigenvalue weighted by atomic mass is 31.2. The highest BCUT2D eigenvalue weighted by molar-refractivity contribution is 7.53. The van der Waals surface area contributed by atoms with Crippen LogP contribution in [0.2, 0.25) is 0 Å². The highest BCUT2D eigenvalue weighted by Gasteiger charge is 2.55. The van der Waals surface area contributed by atoms with Crippen LogP contribution < -0.4 is 17.0 Å². The monoisotopic (exact) mass is 609 g/mol. The summed E-state index contributed by atoms with van der Waals surface area (Å²) in [4.78, 5) is 37.3. The minimum Gasteiger partial charge on any atom is -0.394 e. The summed E-state index contributed by atoms with van der Waals surface area (Å²) in [5, 5.41) is 45.9. The molecule has 1 unspecified atom stereocenters. The van der Waals surface area contributed by atoms with Gasteiger partial charge in [0.15, 0.2) is 23.2 Å². The fraction of sp³-hybridized carbons (Fsp3) is 0.500. The maximum Gasteiger partial charge on any atom is 0.338 e. The smallest absolute Gasteiger partial charge is 0.338 e. The fourth-order valence-corrected chi connectivity index (χ4v) is 7.05. The summed E-state index contributed by atoms with van der Waals surface area (Å²) in [7, 11) is -4.75. The molecule has 0 radical (unpaired) electrons. The zero-order chi connectivity index (χ0) is 29.9. The normalized spacial score (nSPS) is 31.3. The Morgan fingerprint density at radius 2 is 1.88 bits per heavy atom. The second-order valence-corrected chi connectivity index (χ2v) is 11.9. The van der Waals surface area contributed by atoms with Crippen molar-refractivity contribution in [3.05, 3.63) is 40.8 Å². The number of rotatable bonds is 8. The van der Waals surface area contributed by atoms with Crippen molar-refractivity contribution >= 4 is 36.0 Å². The summed E-state index contributed by atoms with van der Waals surface area (Å²) in [5.41, 5.74) is 9.88. The Morgan fingerprint density at radius 1 is 1.10 bits per heavy atom. The Labute approximate surface area is 234 Å². The van der Waals surface area contributed by atoms with E-state index < -0.39 is 74.9 Å². The van der Waals surface area contributed by atoms with E-state index in [1.165, 1.54) is 10.8 Å². The van der Waals surface area contributed by atoms with Gasteiger partial charge in [-0.1, -0.05) is 0 Å². The molecule has 9 atom stereocenters. The first-order valence-electron chi connectivity index (χ1n) is 12.7. The Morgan fingerprint density at radius 3 is 2.64 bits per heavy atom. The lowest BCUT2D eigenvalue weighted by molar-refractivity contribution is -0.0433. The molecule has 0 spiro atoms. The zero-order valence-electron chi connectivity index (χ0n) is 21.6. The number of imidazole rings is 1. The van der Waals surface area contributed by atoms with Crippen molar-refractivity contribution < 1.29 is 43.9 Å². The molecule has 42 heavy (non-hydrogen) atoms. The Balaban J connectivity index is 1.19. The number of hydrogen-bond donors (Lipinski definition) is 8. The van der Waals surface area contributed by atoms with Crippen LogP contribution in [0.5, 0.6) is 0 Å². The predicted octanol–water partition coefficient (Wildman–Crippen LogP) is -2.60. The van der Waals surface area contributed by atoms with Gasteiger partial charge >= 0.3 is 7.60 Å². The Bertz CT molecular complexity index is 1730. The molecular formula is C22H28N9O10P. The molecule has 0 amide bonds. The largest absolute Gasteiger partial charge is 0.394 e. The van der Waals surface area contributed by atoms with Gasteiger partial charge in [-0.2, -0.15) is 10.1 Å². The van der Waals surface area contributed by atoms with Gasteiger partial charge in [0.25, 0.3) is 5.56 Å². The van der Waals surface area contributed by atoms with Gasteiger partial charge < -0.3 is 50.8 Å². The third-order valence-electron chi connectivity index (χ3n) is 7.46.